The van der Waals surface area contributed by atoms with Gasteiger partial charge in [-0.05, 0) is 6.07 Å². The van der Waals surface area contributed by atoms with Crippen molar-refractivity contribution < 1.29 is 8.42 Å². The number of hydrogen-bond donors (Lipinski definition) is 2. The highest BCUT2D eigenvalue weighted by atomic mass is 32.2. The van der Waals surface area contributed by atoms with Crippen LogP contribution >= 0.6 is 23.5 Å². The maximum atomic E-state index is 11.7. The Kier molecular flexibility index (Phi) is 4.17. The van der Waals surface area contributed by atoms with Crippen molar-refractivity contribution in [2.75, 3.05) is 23.8 Å². The lowest BCUT2D eigenvalue weighted by molar-refractivity contribution is 0.577. The van der Waals surface area contributed by atoms with E-state index in [1.54, 1.807) is 0 Å². The number of sulfonamides is 1. The van der Waals surface area contributed by atoms with Crippen LogP contribution in [0.4, 0.5) is 0 Å². The first-order valence-electron chi connectivity index (χ1n) is 4.87. The maximum Gasteiger partial charge on any atom is 0.257 e. The SMILES string of the molecule is O=S(=O)(NCC1CSCCS1)c1ccn[nH]1. The summed E-state index contributed by atoms with van der Waals surface area (Å²) in [6, 6.07) is 1.45. The Bertz CT molecular complexity index is 412. The van der Waals surface area contributed by atoms with Gasteiger partial charge in [-0.1, -0.05) is 0 Å². The van der Waals surface area contributed by atoms with Crippen molar-refractivity contribution in [2.45, 2.75) is 10.3 Å². The normalized spacial score (nSPS) is 22.1. The molecule has 0 aromatic carbocycles. The molecule has 5 nitrogen and oxygen atoms in total. The third-order valence-electron chi connectivity index (χ3n) is 2.15. The summed E-state index contributed by atoms with van der Waals surface area (Å²) in [5.74, 6) is 3.27. The van der Waals surface area contributed by atoms with E-state index in [2.05, 4.69) is 14.9 Å². The monoisotopic (exact) mass is 279 g/mol. The molecule has 0 radical (unpaired) electrons. The summed E-state index contributed by atoms with van der Waals surface area (Å²) in [6.07, 6.45) is 1.43. The molecule has 0 aliphatic carbocycles. The van der Waals surface area contributed by atoms with Crippen molar-refractivity contribution in [3.63, 3.8) is 0 Å². The molecule has 1 unspecified atom stereocenters. The van der Waals surface area contributed by atoms with E-state index in [0.29, 0.717) is 11.8 Å². The highest BCUT2D eigenvalue weighted by Gasteiger charge is 2.19. The number of hydrogen-bond acceptors (Lipinski definition) is 5. The molecule has 1 atom stereocenters. The van der Waals surface area contributed by atoms with Gasteiger partial charge in [0.05, 0.1) is 6.20 Å². The molecule has 1 aromatic heterocycles. The van der Waals surface area contributed by atoms with Gasteiger partial charge in [-0.3, -0.25) is 5.10 Å². The summed E-state index contributed by atoms with van der Waals surface area (Å²) in [4.78, 5) is 0. The van der Waals surface area contributed by atoms with Gasteiger partial charge in [0.2, 0.25) is 0 Å². The molecule has 0 amide bonds. The van der Waals surface area contributed by atoms with Gasteiger partial charge in [0, 0.05) is 29.1 Å². The molecule has 0 spiro atoms. The van der Waals surface area contributed by atoms with Gasteiger partial charge < -0.3 is 0 Å². The quantitative estimate of drug-likeness (QED) is 0.841. The van der Waals surface area contributed by atoms with Crippen LogP contribution in [0.25, 0.3) is 0 Å². The van der Waals surface area contributed by atoms with Crippen LogP contribution in [0.15, 0.2) is 17.3 Å². The van der Waals surface area contributed by atoms with Gasteiger partial charge in [-0.15, -0.1) is 0 Å². The zero-order valence-corrected chi connectivity index (χ0v) is 11.0. The number of nitrogens with zero attached hydrogens (tertiary/aromatic N) is 1. The van der Waals surface area contributed by atoms with Crippen LogP contribution in [0.1, 0.15) is 0 Å². The Morgan fingerprint density at radius 3 is 3.06 bits per heavy atom. The lowest BCUT2D eigenvalue weighted by Crippen LogP contribution is -2.33. The van der Waals surface area contributed by atoms with E-state index in [9.17, 15) is 8.42 Å². The molecule has 16 heavy (non-hydrogen) atoms. The Morgan fingerprint density at radius 2 is 2.44 bits per heavy atom. The second-order valence-electron chi connectivity index (χ2n) is 3.34. The highest BCUT2D eigenvalue weighted by Crippen LogP contribution is 2.23. The Hall–Kier alpha value is -0.180. The van der Waals surface area contributed by atoms with Crippen molar-refractivity contribution in [1.29, 1.82) is 0 Å². The summed E-state index contributed by atoms with van der Waals surface area (Å²) < 4.78 is 26.1. The van der Waals surface area contributed by atoms with E-state index in [1.165, 1.54) is 12.3 Å². The van der Waals surface area contributed by atoms with E-state index in [4.69, 9.17) is 0 Å². The van der Waals surface area contributed by atoms with Crippen molar-refractivity contribution in [1.82, 2.24) is 14.9 Å². The van der Waals surface area contributed by atoms with Crippen LogP contribution < -0.4 is 4.72 Å². The van der Waals surface area contributed by atoms with Crippen LogP contribution in [-0.4, -0.2) is 47.7 Å². The number of aromatic amines is 1. The van der Waals surface area contributed by atoms with E-state index in [0.717, 1.165) is 17.3 Å². The predicted octanol–water partition coefficient (Wildman–Crippen LogP) is 0.537. The molecule has 1 aliphatic heterocycles. The van der Waals surface area contributed by atoms with Crippen molar-refractivity contribution in [2.24, 2.45) is 0 Å². The summed E-state index contributed by atoms with van der Waals surface area (Å²) in [6.45, 7) is 0.485. The maximum absolute atomic E-state index is 11.7. The van der Waals surface area contributed by atoms with E-state index < -0.39 is 10.0 Å². The third kappa shape index (κ3) is 3.16. The summed E-state index contributed by atoms with van der Waals surface area (Å²) in [7, 11) is -3.41. The average Bonchev–Trinajstić information content (AvgIpc) is 2.82. The Morgan fingerprint density at radius 1 is 1.56 bits per heavy atom. The molecule has 8 heteroatoms. The highest BCUT2D eigenvalue weighted by molar-refractivity contribution is 8.06. The molecule has 0 saturated carbocycles. The standard InChI is InChI=1S/C8H13N3O2S3/c12-16(13,8-1-2-9-11-8)10-5-7-6-14-3-4-15-7/h1-2,7,10H,3-6H2,(H,9,11). The van der Waals surface area contributed by atoms with Gasteiger partial charge in [-0.2, -0.15) is 28.6 Å². The van der Waals surface area contributed by atoms with Gasteiger partial charge in [0.15, 0.2) is 5.03 Å². The minimum atomic E-state index is -3.41. The first kappa shape index (κ1) is 12.3. The molecule has 1 aromatic rings. The number of nitrogens with one attached hydrogen (secondary N) is 2. The van der Waals surface area contributed by atoms with Gasteiger partial charge in [0.25, 0.3) is 10.0 Å². The molecule has 2 N–H and O–H groups in total. The molecule has 1 aliphatic rings. The Labute approximate surface area is 103 Å². The fraction of sp³-hybridized carbons (Fsp3) is 0.625. The zero-order valence-electron chi connectivity index (χ0n) is 8.55. The van der Waals surface area contributed by atoms with Crippen molar-refractivity contribution in [3.05, 3.63) is 12.3 Å². The summed E-state index contributed by atoms with van der Waals surface area (Å²) in [5, 5.41) is 6.58. The zero-order chi connectivity index (χ0) is 11.4. The number of aromatic nitrogens is 2. The molecule has 0 bridgehead atoms. The van der Waals surface area contributed by atoms with E-state index >= 15 is 0 Å². The van der Waals surface area contributed by atoms with Crippen LogP contribution in [0.3, 0.4) is 0 Å². The van der Waals surface area contributed by atoms with E-state index in [1.807, 2.05) is 23.5 Å². The fourth-order valence-corrected chi connectivity index (χ4v) is 5.03. The van der Waals surface area contributed by atoms with Gasteiger partial charge in [0.1, 0.15) is 0 Å². The Balaban J connectivity index is 1.89. The molecular weight excluding hydrogens is 266 g/mol. The first-order valence-corrected chi connectivity index (χ1v) is 8.55. The van der Waals surface area contributed by atoms with Crippen molar-refractivity contribution >= 4 is 33.5 Å². The second-order valence-corrected chi connectivity index (χ2v) is 7.63. The second kappa shape index (κ2) is 5.44. The average molecular weight is 279 g/mol. The molecule has 2 heterocycles. The summed E-state index contributed by atoms with van der Waals surface area (Å²) >= 11 is 3.70. The van der Waals surface area contributed by atoms with Gasteiger partial charge >= 0.3 is 0 Å². The molecular formula is C8H13N3O2S3. The first-order chi connectivity index (χ1) is 7.68. The van der Waals surface area contributed by atoms with Crippen molar-refractivity contribution in [3.8, 4) is 0 Å². The number of thioether (sulfide) groups is 2. The number of H-pyrrole nitrogens is 1. The fourth-order valence-electron chi connectivity index (χ4n) is 1.33. The summed E-state index contributed by atoms with van der Waals surface area (Å²) in [5.41, 5.74) is 0. The minimum Gasteiger partial charge on any atom is -0.266 e. The smallest absolute Gasteiger partial charge is 0.257 e. The van der Waals surface area contributed by atoms with E-state index in [-0.39, 0.29) is 5.03 Å². The predicted molar refractivity (Wildman–Crippen MR) is 67.3 cm³/mol. The number of rotatable bonds is 4. The van der Waals surface area contributed by atoms with Crippen LogP contribution in [-0.2, 0) is 10.0 Å². The molecule has 2 rings (SSSR count). The van der Waals surface area contributed by atoms with Gasteiger partial charge in [-0.25, -0.2) is 13.1 Å². The lowest BCUT2D eigenvalue weighted by atomic mass is 10.5. The lowest BCUT2D eigenvalue weighted by Gasteiger charge is -2.20. The van der Waals surface area contributed by atoms with Crippen LogP contribution in [0, 0.1) is 0 Å². The molecule has 1 saturated heterocycles. The topological polar surface area (TPSA) is 74.8 Å². The third-order valence-corrected chi connectivity index (χ3v) is 6.35. The minimum absolute atomic E-state index is 0.126. The molecule has 1 fully saturated rings. The van der Waals surface area contributed by atoms with Crippen LogP contribution in [0.5, 0.6) is 0 Å². The van der Waals surface area contributed by atoms with Crippen LogP contribution in [0.2, 0.25) is 0 Å². The largest absolute Gasteiger partial charge is 0.266 e. The molecule has 90 valence electrons.